The van der Waals surface area contributed by atoms with E-state index in [1.165, 1.54) is 6.92 Å². The number of pyridine rings is 1. The van der Waals surface area contributed by atoms with Crippen molar-refractivity contribution in [1.82, 2.24) is 10.3 Å². The third-order valence-corrected chi connectivity index (χ3v) is 4.80. The van der Waals surface area contributed by atoms with Crippen molar-refractivity contribution in [2.24, 2.45) is 0 Å². The van der Waals surface area contributed by atoms with Gasteiger partial charge in [-0.25, -0.2) is 9.37 Å². The second-order valence-electron chi connectivity index (χ2n) is 6.99. The van der Waals surface area contributed by atoms with E-state index in [2.05, 4.69) is 15.6 Å². The summed E-state index contributed by atoms with van der Waals surface area (Å²) in [7, 11) is 0. The Labute approximate surface area is 165 Å². The van der Waals surface area contributed by atoms with Gasteiger partial charge < -0.3 is 20.3 Å². The minimum atomic E-state index is -0.318. The first-order chi connectivity index (χ1) is 13.5. The number of nitrogens with one attached hydrogen (secondary N) is 2. The van der Waals surface area contributed by atoms with Gasteiger partial charge in [0.2, 0.25) is 5.91 Å². The van der Waals surface area contributed by atoms with Crippen molar-refractivity contribution in [3.05, 3.63) is 47.9 Å². The summed E-state index contributed by atoms with van der Waals surface area (Å²) in [5, 5.41) is 5.81. The molecule has 28 heavy (non-hydrogen) atoms. The van der Waals surface area contributed by atoms with Crippen LogP contribution in [0.5, 0.6) is 5.75 Å². The van der Waals surface area contributed by atoms with Crippen molar-refractivity contribution in [1.29, 1.82) is 0 Å². The largest absolute Gasteiger partial charge is 0.489 e. The number of anilines is 2. The molecule has 0 bridgehead atoms. The van der Waals surface area contributed by atoms with Crippen molar-refractivity contribution in [2.75, 3.05) is 29.9 Å². The number of carbonyl (C=O) groups is 1. The maximum absolute atomic E-state index is 14.6. The van der Waals surface area contributed by atoms with Crippen LogP contribution in [0.3, 0.4) is 0 Å². The summed E-state index contributed by atoms with van der Waals surface area (Å²) >= 11 is 0. The summed E-state index contributed by atoms with van der Waals surface area (Å²) in [4.78, 5) is 17.2. The monoisotopic (exact) mass is 386 g/mol. The lowest BCUT2D eigenvalue weighted by Gasteiger charge is -2.21. The Morgan fingerprint density at radius 3 is 2.79 bits per heavy atom. The normalized spacial score (nSPS) is 17.3. The number of aromatic nitrogens is 1. The van der Waals surface area contributed by atoms with E-state index in [9.17, 15) is 9.18 Å². The fourth-order valence-corrected chi connectivity index (χ4v) is 3.43. The number of halogens is 1. The molecule has 0 aliphatic carbocycles. The fourth-order valence-electron chi connectivity index (χ4n) is 3.43. The van der Waals surface area contributed by atoms with E-state index in [-0.39, 0.29) is 29.7 Å². The Morgan fingerprint density at radius 2 is 2.11 bits per heavy atom. The van der Waals surface area contributed by atoms with Crippen LogP contribution in [0.4, 0.5) is 15.9 Å². The molecule has 6 nitrogen and oxygen atoms in total. The molecule has 150 valence electrons. The minimum Gasteiger partial charge on any atom is -0.489 e. The number of ether oxygens (including phenoxy) is 1. The van der Waals surface area contributed by atoms with E-state index >= 15 is 0 Å². The molecule has 1 aliphatic rings. The van der Waals surface area contributed by atoms with Gasteiger partial charge in [0.25, 0.3) is 0 Å². The molecule has 1 fully saturated rings. The molecule has 1 aromatic carbocycles. The van der Waals surface area contributed by atoms with E-state index in [1.807, 2.05) is 43.0 Å². The fraction of sp³-hybridized carbons (Fsp3) is 0.429. The van der Waals surface area contributed by atoms with Gasteiger partial charge in [-0.05, 0) is 37.6 Å². The molecule has 1 amide bonds. The maximum atomic E-state index is 14.6. The minimum absolute atomic E-state index is 0.00577. The van der Waals surface area contributed by atoms with Crippen LogP contribution >= 0.6 is 0 Å². The third-order valence-electron chi connectivity index (χ3n) is 4.80. The van der Waals surface area contributed by atoms with Crippen molar-refractivity contribution >= 4 is 17.4 Å². The average molecular weight is 386 g/mol. The molecule has 3 rings (SSSR count). The predicted octanol–water partition coefficient (Wildman–Crippen LogP) is 3.51. The molecule has 2 heterocycles. The molecule has 2 atom stereocenters. The number of carbonyl (C=O) groups excluding carboxylic acids is 1. The molecule has 1 aliphatic heterocycles. The van der Waals surface area contributed by atoms with Crippen molar-refractivity contribution in [3.8, 4) is 5.75 Å². The van der Waals surface area contributed by atoms with E-state index in [0.717, 1.165) is 24.3 Å². The Morgan fingerprint density at radius 1 is 1.36 bits per heavy atom. The van der Waals surface area contributed by atoms with E-state index < -0.39 is 0 Å². The molecule has 7 heteroatoms. The molecule has 1 aromatic heterocycles. The molecule has 0 saturated carbocycles. The van der Waals surface area contributed by atoms with Gasteiger partial charge >= 0.3 is 0 Å². The van der Waals surface area contributed by atoms with Crippen LogP contribution in [0, 0.1) is 5.82 Å². The molecule has 0 radical (unpaired) electrons. The van der Waals surface area contributed by atoms with E-state index in [1.54, 1.807) is 12.3 Å². The predicted molar refractivity (Wildman–Crippen MR) is 108 cm³/mol. The summed E-state index contributed by atoms with van der Waals surface area (Å²) in [6.07, 6.45) is 2.44. The van der Waals surface area contributed by atoms with Gasteiger partial charge in [-0.2, -0.15) is 0 Å². The highest BCUT2D eigenvalue weighted by Crippen LogP contribution is 2.28. The topological polar surface area (TPSA) is 66.5 Å². The number of hydrogen-bond acceptors (Lipinski definition) is 5. The number of nitrogens with zero attached hydrogens (tertiary/aromatic N) is 2. The lowest BCUT2D eigenvalue weighted by Crippen LogP contribution is -2.25. The van der Waals surface area contributed by atoms with Gasteiger partial charge in [0, 0.05) is 32.6 Å². The second kappa shape index (κ2) is 8.91. The van der Waals surface area contributed by atoms with Crippen molar-refractivity contribution in [2.45, 2.75) is 39.3 Å². The van der Waals surface area contributed by atoms with E-state index in [4.69, 9.17) is 4.74 Å². The zero-order valence-electron chi connectivity index (χ0n) is 16.5. The highest BCUT2D eigenvalue weighted by molar-refractivity contribution is 5.73. The highest BCUT2D eigenvalue weighted by Gasteiger charge is 2.27. The summed E-state index contributed by atoms with van der Waals surface area (Å²) in [5.41, 5.74) is 1.57. The Kier molecular flexibility index (Phi) is 6.34. The molecular formula is C21H27FN4O2. The van der Waals surface area contributed by atoms with Crippen LogP contribution in [0.25, 0.3) is 0 Å². The van der Waals surface area contributed by atoms with Crippen LogP contribution in [-0.4, -0.2) is 36.6 Å². The SMILES string of the molecule is CCNc1nccc(N2CC[C@@H](Oc3ccc([C@H](C)NC(C)=O)cc3)C2)c1F. The van der Waals surface area contributed by atoms with Crippen molar-refractivity contribution in [3.63, 3.8) is 0 Å². The first kappa shape index (κ1) is 19.9. The Hall–Kier alpha value is -2.83. The summed E-state index contributed by atoms with van der Waals surface area (Å²) in [6, 6.07) is 9.38. The van der Waals surface area contributed by atoms with Crippen LogP contribution in [0.2, 0.25) is 0 Å². The molecular weight excluding hydrogens is 359 g/mol. The van der Waals surface area contributed by atoms with Gasteiger partial charge in [-0.15, -0.1) is 0 Å². The van der Waals surface area contributed by atoms with Gasteiger partial charge in [0.1, 0.15) is 11.9 Å². The zero-order valence-corrected chi connectivity index (χ0v) is 16.5. The zero-order chi connectivity index (χ0) is 20.1. The molecule has 2 aromatic rings. The molecule has 0 spiro atoms. The smallest absolute Gasteiger partial charge is 0.217 e. The van der Waals surface area contributed by atoms with Gasteiger partial charge in [0.05, 0.1) is 18.3 Å². The summed E-state index contributed by atoms with van der Waals surface area (Å²) in [6.45, 7) is 7.33. The maximum Gasteiger partial charge on any atom is 0.217 e. The average Bonchev–Trinajstić information content (AvgIpc) is 3.12. The highest BCUT2D eigenvalue weighted by atomic mass is 19.1. The van der Waals surface area contributed by atoms with E-state index in [0.29, 0.717) is 18.8 Å². The number of hydrogen-bond donors (Lipinski definition) is 2. The molecule has 2 N–H and O–H groups in total. The number of amides is 1. The Bertz CT molecular complexity index is 813. The number of rotatable bonds is 7. The van der Waals surface area contributed by atoms with Gasteiger partial charge in [-0.3, -0.25) is 4.79 Å². The van der Waals surface area contributed by atoms with Crippen LogP contribution < -0.4 is 20.3 Å². The second-order valence-corrected chi connectivity index (χ2v) is 6.99. The lowest BCUT2D eigenvalue weighted by atomic mass is 10.1. The van der Waals surface area contributed by atoms with Gasteiger partial charge in [-0.1, -0.05) is 12.1 Å². The first-order valence-electron chi connectivity index (χ1n) is 9.65. The third kappa shape index (κ3) is 4.71. The first-order valence-corrected chi connectivity index (χ1v) is 9.65. The Balaban J connectivity index is 1.61. The summed E-state index contributed by atoms with van der Waals surface area (Å²) < 4.78 is 20.7. The lowest BCUT2D eigenvalue weighted by molar-refractivity contribution is -0.119. The van der Waals surface area contributed by atoms with Crippen LogP contribution in [0.1, 0.15) is 38.8 Å². The molecule has 1 saturated heterocycles. The van der Waals surface area contributed by atoms with Crippen LogP contribution in [0.15, 0.2) is 36.5 Å². The quantitative estimate of drug-likeness (QED) is 0.762. The standard InChI is InChI=1S/C21H27FN4O2/c1-4-23-21-20(22)19(9-11-24-21)26-12-10-18(13-26)28-17-7-5-16(6-8-17)14(2)25-15(3)27/h5-9,11,14,18H,4,10,12-13H2,1-3H3,(H,23,24)(H,25,27)/t14-,18+/m0/s1. The van der Waals surface area contributed by atoms with Crippen molar-refractivity contribution < 1.29 is 13.9 Å². The summed E-state index contributed by atoms with van der Waals surface area (Å²) in [5.74, 6) is 0.684. The van der Waals surface area contributed by atoms with Crippen LogP contribution in [-0.2, 0) is 4.79 Å². The molecule has 0 unspecified atom stereocenters. The number of benzene rings is 1. The van der Waals surface area contributed by atoms with Gasteiger partial charge in [0.15, 0.2) is 11.6 Å².